The summed E-state index contributed by atoms with van der Waals surface area (Å²) in [7, 11) is 0. The number of fused-ring (bicyclic) bond motifs is 1. The van der Waals surface area contributed by atoms with E-state index in [-0.39, 0.29) is 24.0 Å². The zero-order chi connectivity index (χ0) is 19.9. The lowest BCUT2D eigenvalue weighted by Crippen LogP contribution is -2.38. The molecule has 0 saturated heterocycles. The monoisotopic (exact) mass is 508 g/mol. The van der Waals surface area contributed by atoms with Crippen LogP contribution in [0.15, 0.2) is 41.8 Å². The van der Waals surface area contributed by atoms with E-state index in [0.717, 1.165) is 37.8 Å². The van der Waals surface area contributed by atoms with Crippen LogP contribution < -0.4 is 10.6 Å². The smallest absolute Gasteiger partial charge is 0.191 e. The van der Waals surface area contributed by atoms with Crippen LogP contribution >= 0.6 is 24.0 Å². The van der Waals surface area contributed by atoms with Crippen molar-refractivity contribution in [3.05, 3.63) is 53.7 Å². The minimum Gasteiger partial charge on any atom is -0.361 e. The maximum absolute atomic E-state index is 4.72. The molecular formula is C22H33IN6. The number of aliphatic imine (C=N–C) groups is 1. The van der Waals surface area contributed by atoms with Gasteiger partial charge in [-0.25, -0.2) is 9.98 Å². The second-order valence-corrected chi connectivity index (χ2v) is 7.57. The molecule has 0 unspecified atom stereocenters. The molecule has 0 amide bonds. The number of rotatable bonds is 8. The average Bonchev–Trinajstić information content (AvgIpc) is 3.27. The lowest BCUT2D eigenvalue weighted by Gasteiger charge is -2.12. The number of aromatic nitrogens is 3. The fourth-order valence-corrected chi connectivity index (χ4v) is 3.43. The van der Waals surface area contributed by atoms with Crippen LogP contribution in [-0.2, 0) is 19.5 Å². The van der Waals surface area contributed by atoms with Crippen LogP contribution in [0.5, 0.6) is 0 Å². The third-order valence-electron chi connectivity index (χ3n) is 4.78. The zero-order valence-electron chi connectivity index (χ0n) is 17.8. The molecule has 0 spiro atoms. The fourth-order valence-electron chi connectivity index (χ4n) is 3.43. The molecule has 3 aromatic rings. The molecule has 0 aliphatic heterocycles. The number of nitrogens with zero attached hydrogens (tertiary/aromatic N) is 3. The maximum Gasteiger partial charge on any atom is 0.191 e. The molecule has 3 N–H and O–H groups in total. The SMILES string of the molecule is CCNC(=NCc1nccn1CC(C)C)NCCc1c[nH]c2c(C)cccc12.I. The van der Waals surface area contributed by atoms with E-state index < -0.39 is 0 Å². The lowest BCUT2D eigenvalue weighted by atomic mass is 10.1. The number of H-pyrrole nitrogens is 1. The first-order valence-corrected chi connectivity index (χ1v) is 10.2. The Hall–Kier alpha value is -2.03. The van der Waals surface area contributed by atoms with E-state index in [0.29, 0.717) is 12.5 Å². The number of aromatic amines is 1. The van der Waals surface area contributed by atoms with E-state index in [2.05, 4.69) is 77.3 Å². The number of hydrogen-bond donors (Lipinski definition) is 3. The van der Waals surface area contributed by atoms with Gasteiger partial charge in [0.05, 0.1) is 0 Å². The molecule has 6 nitrogen and oxygen atoms in total. The molecule has 0 atom stereocenters. The Morgan fingerprint density at radius 1 is 1.28 bits per heavy atom. The van der Waals surface area contributed by atoms with E-state index in [1.54, 1.807) is 0 Å². The van der Waals surface area contributed by atoms with E-state index >= 15 is 0 Å². The van der Waals surface area contributed by atoms with Gasteiger partial charge < -0.3 is 20.2 Å². The second kappa shape index (κ2) is 11.2. The second-order valence-electron chi connectivity index (χ2n) is 7.57. The molecule has 3 rings (SSSR count). The highest BCUT2D eigenvalue weighted by atomic mass is 127. The molecule has 2 heterocycles. The molecular weight excluding hydrogens is 475 g/mol. The normalized spacial score (nSPS) is 11.7. The number of benzene rings is 1. The Bertz CT molecular complexity index is 924. The number of para-hydroxylation sites is 1. The topological polar surface area (TPSA) is 70.0 Å². The number of hydrogen-bond acceptors (Lipinski definition) is 2. The number of imidazole rings is 1. The lowest BCUT2D eigenvalue weighted by molar-refractivity contribution is 0.507. The van der Waals surface area contributed by atoms with Crippen molar-refractivity contribution in [2.75, 3.05) is 13.1 Å². The standard InChI is InChI=1S/C22H32N6.HI/c1-5-23-22(27-14-20-24-11-12-28(20)15-16(2)3)25-10-9-18-13-26-21-17(4)7-6-8-19(18)21;/h6-8,11-13,16,26H,5,9-10,14-15H2,1-4H3,(H2,23,25,27);1H. The molecule has 7 heteroatoms. The summed E-state index contributed by atoms with van der Waals surface area (Å²) in [5, 5.41) is 8.08. The molecule has 1 aromatic carbocycles. The van der Waals surface area contributed by atoms with Crippen molar-refractivity contribution < 1.29 is 0 Å². The van der Waals surface area contributed by atoms with Gasteiger partial charge >= 0.3 is 0 Å². The van der Waals surface area contributed by atoms with E-state index in [4.69, 9.17) is 4.99 Å². The Morgan fingerprint density at radius 3 is 2.86 bits per heavy atom. The molecule has 0 bridgehead atoms. The summed E-state index contributed by atoms with van der Waals surface area (Å²) in [6.07, 6.45) is 6.94. The summed E-state index contributed by atoms with van der Waals surface area (Å²) in [5.74, 6) is 2.42. The first kappa shape index (κ1) is 23.3. The molecule has 0 fully saturated rings. The Morgan fingerprint density at radius 2 is 2.10 bits per heavy atom. The highest BCUT2D eigenvalue weighted by Crippen LogP contribution is 2.21. The number of guanidine groups is 1. The van der Waals surface area contributed by atoms with E-state index in [1.807, 2.05) is 12.4 Å². The third-order valence-corrected chi connectivity index (χ3v) is 4.78. The van der Waals surface area contributed by atoms with Crippen molar-refractivity contribution in [1.82, 2.24) is 25.2 Å². The van der Waals surface area contributed by atoms with Crippen molar-refractivity contribution in [3.63, 3.8) is 0 Å². The van der Waals surface area contributed by atoms with Crippen molar-refractivity contribution in [1.29, 1.82) is 0 Å². The highest BCUT2D eigenvalue weighted by molar-refractivity contribution is 14.0. The first-order chi connectivity index (χ1) is 13.6. The van der Waals surface area contributed by atoms with E-state index in [9.17, 15) is 0 Å². The number of nitrogens with one attached hydrogen (secondary N) is 3. The zero-order valence-corrected chi connectivity index (χ0v) is 20.2. The van der Waals surface area contributed by atoms with Gasteiger partial charge in [0.15, 0.2) is 5.96 Å². The van der Waals surface area contributed by atoms with E-state index in [1.165, 1.54) is 22.0 Å². The van der Waals surface area contributed by atoms with Crippen LogP contribution in [0.3, 0.4) is 0 Å². The fraction of sp³-hybridized carbons (Fsp3) is 0.455. The molecule has 0 saturated carbocycles. The van der Waals surface area contributed by atoms with Crippen LogP contribution in [0.1, 0.15) is 37.7 Å². The van der Waals surface area contributed by atoms with Gasteiger partial charge in [0.1, 0.15) is 12.4 Å². The van der Waals surface area contributed by atoms with Gasteiger partial charge in [-0.15, -0.1) is 24.0 Å². The summed E-state index contributed by atoms with van der Waals surface area (Å²) >= 11 is 0. The quantitative estimate of drug-likeness (QED) is 0.242. The van der Waals surface area contributed by atoms with Gasteiger partial charge in [-0.1, -0.05) is 32.0 Å². The molecule has 158 valence electrons. The molecule has 0 aliphatic carbocycles. The van der Waals surface area contributed by atoms with Gasteiger partial charge in [0.2, 0.25) is 0 Å². The van der Waals surface area contributed by atoms with Crippen molar-refractivity contribution in [2.24, 2.45) is 10.9 Å². The summed E-state index contributed by atoms with van der Waals surface area (Å²) < 4.78 is 2.19. The predicted octanol–water partition coefficient (Wildman–Crippen LogP) is 4.24. The Labute approximate surface area is 190 Å². The van der Waals surface area contributed by atoms with Gasteiger partial charge in [-0.2, -0.15) is 0 Å². The van der Waals surface area contributed by atoms with Crippen molar-refractivity contribution in [3.8, 4) is 0 Å². The summed E-state index contributed by atoms with van der Waals surface area (Å²) in [4.78, 5) is 12.6. The van der Waals surface area contributed by atoms with Crippen molar-refractivity contribution in [2.45, 2.75) is 47.2 Å². The Kier molecular flexibility index (Phi) is 9.00. The minimum absolute atomic E-state index is 0. The van der Waals surface area contributed by atoms with Crippen LogP contribution in [0.4, 0.5) is 0 Å². The predicted molar refractivity (Wildman–Crippen MR) is 132 cm³/mol. The Balaban J connectivity index is 0.00000300. The summed E-state index contributed by atoms with van der Waals surface area (Å²) in [5.41, 5.74) is 3.84. The number of aryl methyl sites for hydroxylation is 1. The van der Waals surface area contributed by atoms with Gasteiger partial charge in [0.25, 0.3) is 0 Å². The van der Waals surface area contributed by atoms with Crippen LogP contribution in [0, 0.1) is 12.8 Å². The molecule has 2 aromatic heterocycles. The van der Waals surface area contributed by atoms with Crippen LogP contribution in [0.25, 0.3) is 10.9 Å². The summed E-state index contributed by atoms with van der Waals surface area (Å²) in [6, 6.07) is 6.44. The maximum atomic E-state index is 4.72. The first-order valence-electron chi connectivity index (χ1n) is 10.2. The summed E-state index contributed by atoms with van der Waals surface area (Å²) in [6.45, 7) is 11.8. The van der Waals surface area contributed by atoms with Crippen LogP contribution in [-0.4, -0.2) is 33.6 Å². The molecule has 0 aliphatic rings. The molecule has 29 heavy (non-hydrogen) atoms. The van der Waals surface area contributed by atoms with Gasteiger partial charge in [-0.3, -0.25) is 0 Å². The van der Waals surface area contributed by atoms with Crippen LogP contribution in [0.2, 0.25) is 0 Å². The molecule has 0 radical (unpaired) electrons. The average molecular weight is 508 g/mol. The largest absolute Gasteiger partial charge is 0.361 e. The highest BCUT2D eigenvalue weighted by Gasteiger charge is 2.07. The third kappa shape index (κ3) is 6.22. The van der Waals surface area contributed by atoms with Gasteiger partial charge in [0, 0.05) is 49.1 Å². The van der Waals surface area contributed by atoms with Gasteiger partial charge in [-0.05, 0) is 37.3 Å². The number of halogens is 1. The minimum atomic E-state index is 0. The van der Waals surface area contributed by atoms with Crippen molar-refractivity contribution >= 4 is 40.8 Å².